The molecule has 0 aliphatic rings. The van der Waals surface area contributed by atoms with E-state index in [-0.39, 0.29) is 15.9 Å². The van der Waals surface area contributed by atoms with Crippen molar-refractivity contribution in [2.24, 2.45) is 7.05 Å². The van der Waals surface area contributed by atoms with Crippen molar-refractivity contribution in [3.8, 4) is 11.4 Å². The third-order valence-corrected chi connectivity index (χ3v) is 5.25. The monoisotopic (exact) mass is 354 g/mol. The smallest absolute Gasteiger partial charge is 0.269 e. The molecule has 25 heavy (non-hydrogen) atoms. The van der Waals surface area contributed by atoms with Crippen LogP contribution in [0.1, 0.15) is 23.3 Å². The van der Waals surface area contributed by atoms with Crippen molar-refractivity contribution in [3.63, 3.8) is 0 Å². The molecule has 0 aliphatic heterocycles. The number of nitrogens with zero attached hydrogens (tertiary/aromatic N) is 4. The van der Waals surface area contributed by atoms with Crippen molar-refractivity contribution >= 4 is 17.4 Å². The summed E-state index contributed by atoms with van der Waals surface area (Å²) in [6.45, 7) is 4.05. The van der Waals surface area contributed by atoms with Gasteiger partial charge in [-0.2, -0.15) is 0 Å². The summed E-state index contributed by atoms with van der Waals surface area (Å²) in [5.41, 5.74) is 3.18. The van der Waals surface area contributed by atoms with Gasteiger partial charge in [-0.3, -0.25) is 10.1 Å². The molecule has 0 saturated carbocycles. The Labute approximate surface area is 150 Å². The van der Waals surface area contributed by atoms with E-state index in [1.807, 2.05) is 55.8 Å². The van der Waals surface area contributed by atoms with Crippen molar-refractivity contribution in [1.82, 2.24) is 14.8 Å². The van der Waals surface area contributed by atoms with Crippen LogP contribution in [-0.2, 0) is 7.05 Å². The first-order chi connectivity index (χ1) is 12.0. The number of aryl methyl sites for hydroxylation is 1. The highest BCUT2D eigenvalue weighted by Crippen LogP contribution is 2.36. The van der Waals surface area contributed by atoms with Gasteiger partial charge in [-0.05, 0) is 25.0 Å². The summed E-state index contributed by atoms with van der Waals surface area (Å²) in [5, 5.41) is 20.4. The highest BCUT2D eigenvalue weighted by atomic mass is 32.2. The lowest BCUT2D eigenvalue weighted by atomic mass is 10.1. The van der Waals surface area contributed by atoms with Crippen molar-refractivity contribution in [3.05, 3.63) is 69.8 Å². The molecule has 2 aromatic carbocycles. The molecular weight excluding hydrogens is 336 g/mol. The Morgan fingerprint density at radius 3 is 2.64 bits per heavy atom. The second-order valence-electron chi connectivity index (χ2n) is 5.79. The first-order valence-corrected chi connectivity index (χ1v) is 8.71. The van der Waals surface area contributed by atoms with E-state index in [9.17, 15) is 10.1 Å². The van der Waals surface area contributed by atoms with Crippen LogP contribution in [-0.4, -0.2) is 19.7 Å². The van der Waals surface area contributed by atoms with Crippen LogP contribution in [0, 0.1) is 17.0 Å². The number of rotatable bonds is 5. The molecule has 0 aliphatic carbocycles. The van der Waals surface area contributed by atoms with Gasteiger partial charge in [-0.1, -0.05) is 48.2 Å². The van der Waals surface area contributed by atoms with Gasteiger partial charge in [0.25, 0.3) is 5.69 Å². The van der Waals surface area contributed by atoms with E-state index in [4.69, 9.17) is 0 Å². The molecular formula is C18H18N4O2S. The van der Waals surface area contributed by atoms with E-state index < -0.39 is 0 Å². The predicted octanol–water partition coefficient (Wildman–Crippen LogP) is 4.55. The van der Waals surface area contributed by atoms with Crippen LogP contribution >= 0.6 is 11.8 Å². The summed E-state index contributed by atoms with van der Waals surface area (Å²) in [5.74, 6) is 0.812. The number of hydrogen-bond donors (Lipinski definition) is 0. The van der Waals surface area contributed by atoms with Gasteiger partial charge in [-0.25, -0.2) is 0 Å². The number of hydrogen-bond acceptors (Lipinski definition) is 5. The van der Waals surface area contributed by atoms with E-state index in [0.29, 0.717) is 0 Å². The van der Waals surface area contributed by atoms with Gasteiger partial charge in [-0.15, -0.1) is 10.2 Å². The minimum absolute atomic E-state index is 0.0209. The fourth-order valence-electron chi connectivity index (χ4n) is 2.59. The Kier molecular flexibility index (Phi) is 4.85. The van der Waals surface area contributed by atoms with E-state index in [2.05, 4.69) is 10.2 Å². The number of nitro groups is 1. The Morgan fingerprint density at radius 1 is 1.16 bits per heavy atom. The lowest BCUT2D eigenvalue weighted by Crippen LogP contribution is -1.98. The SMILES string of the molecule is Cc1ccccc1-c1nnc(SC(C)c2cccc([N+](=O)[O-])c2)n1C. The normalized spacial score (nSPS) is 12.1. The molecule has 0 amide bonds. The molecule has 0 bridgehead atoms. The van der Waals surface area contributed by atoms with Crippen LogP contribution in [0.3, 0.4) is 0 Å². The third-order valence-electron chi connectivity index (χ3n) is 4.05. The largest absolute Gasteiger partial charge is 0.305 e. The first kappa shape index (κ1) is 17.2. The standard InChI is InChI=1S/C18H18N4O2S/c1-12-7-4-5-10-16(12)17-19-20-18(21(17)3)25-13(2)14-8-6-9-15(11-14)22(23)24/h4-11,13H,1-3H3. The summed E-state index contributed by atoms with van der Waals surface area (Å²) in [7, 11) is 1.93. The van der Waals surface area contributed by atoms with Gasteiger partial charge in [0.1, 0.15) is 0 Å². The fourth-order valence-corrected chi connectivity index (χ4v) is 3.52. The van der Waals surface area contributed by atoms with E-state index in [1.165, 1.54) is 17.8 Å². The van der Waals surface area contributed by atoms with Crippen LogP contribution in [0.5, 0.6) is 0 Å². The van der Waals surface area contributed by atoms with Gasteiger partial charge in [0.2, 0.25) is 0 Å². The van der Waals surface area contributed by atoms with Gasteiger partial charge in [0, 0.05) is 30.0 Å². The minimum atomic E-state index is -0.376. The summed E-state index contributed by atoms with van der Waals surface area (Å²) >= 11 is 1.53. The van der Waals surface area contributed by atoms with Crippen molar-refractivity contribution in [2.45, 2.75) is 24.3 Å². The summed E-state index contributed by atoms with van der Waals surface area (Å²) in [4.78, 5) is 10.6. The van der Waals surface area contributed by atoms with Gasteiger partial charge >= 0.3 is 0 Å². The molecule has 1 heterocycles. The highest BCUT2D eigenvalue weighted by molar-refractivity contribution is 7.99. The highest BCUT2D eigenvalue weighted by Gasteiger charge is 2.17. The number of benzene rings is 2. The maximum Gasteiger partial charge on any atom is 0.269 e. The zero-order chi connectivity index (χ0) is 18.0. The average molecular weight is 354 g/mol. The second kappa shape index (κ2) is 7.06. The zero-order valence-electron chi connectivity index (χ0n) is 14.2. The van der Waals surface area contributed by atoms with Crippen LogP contribution in [0.4, 0.5) is 5.69 Å². The van der Waals surface area contributed by atoms with Crippen LogP contribution in [0.25, 0.3) is 11.4 Å². The summed E-state index contributed by atoms with van der Waals surface area (Å²) < 4.78 is 1.96. The third kappa shape index (κ3) is 3.56. The van der Waals surface area contributed by atoms with E-state index in [0.717, 1.165) is 27.7 Å². The molecule has 0 fully saturated rings. The first-order valence-electron chi connectivity index (χ1n) is 7.83. The molecule has 3 aromatic rings. The average Bonchev–Trinajstić information content (AvgIpc) is 2.96. The number of aromatic nitrogens is 3. The molecule has 0 spiro atoms. The summed E-state index contributed by atoms with van der Waals surface area (Å²) in [6.07, 6.45) is 0. The molecule has 1 atom stereocenters. The second-order valence-corrected chi connectivity index (χ2v) is 7.10. The minimum Gasteiger partial charge on any atom is -0.305 e. The molecule has 0 saturated heterocycles. The van der Waals surface area contributed by atoms with Crippen molar-refractivity contribution < 1.29 is 4.92 Å². The Bertz CT molecular complexity index is 923. The Morgan fingerprint density at radius 2 is 1.92 bits per heavy atom. The molecule has 128 valence electrons. The zero-order valence-corrected chi connectivity index (χ0v) is 15.0. The lowest BCUT2D eigenvalue weighted by molar-refractivity contribution is -0.384. The van der Waals surface area contributed by atoms with Crippen molar-refractivity contribution in [1.29, 1.82) is 0 Å². The van der Waals surface area contributed by atoms with Gasteiger partial charge in [0.15, 0.2) is 11.0 Å². The molecule has 0 radical (unpaired) electrons. The number of thioether (sulfide) groups is 1. The summed E-state index contributed by atoms with van der Waals surface area (Å²) in [6, 6.07) is 14.8. The Balaban J connectivity index is 1.86. The topological polar surface area (TPSA) is 73.8 Å². The maximum absolute atomic E-state index is 11.0. The van der Waals surface area contributed by atoms with Gasteiger partial charge in [0.05, 0.1) is 4.92 Å². The molecule has 1 aromatic heterocycles. The number of nitro benzene ring substituents is 1. The molecule has 0 N–H and O–H groups in total. The predicted molar refractivity (Wildman–Crippen MR) is 98.5 cm³/mol. The molecule has 7 heteroatoms. The molecule has 6 nitrogen and oxygen atoms in total. The van der Waals surface area contributed by atoms with Crippen LogP contribution in [0.2, 0.25) is 0 Å². The lowest BCUT2D eigenvalue weighted by Gasteiger charge is -2.11. The van der Waals surface area contributed by atoms with Crippen molar-refractivity contribution in [2.75, 3.05) is 0 Å². The van der Waals surface area contributed by atoms with Crippen LogP contribution in [0.15, 0.2) is 53.7 Å². The Hall–Kier alpha value is -2.67. The molecule has 1 unspecified atom stereocenters. The van der Waals surface area contributed by atoms with Gasteiger partial charge < -0.3 is 4.57 Å². The maximum atomic E-state index is 11.0. The van der Waals surface area contributed by atoms with E-state index in [1.54, 1.807) is 12.1 Å². The van der Waals surface area contributed by atoms with Crippen LogP contribution < -0.4 is 0 Å². The number of non-ortho nitro benzene ring substituents is 1. The molecule has 3 rings (SSSR count). The van der Waals surface area contributed by atoms with E-state index >= 15 is 0 Å². The quantitative estimate of drug-likeness (QED) is 0.382. The fraction of sp³-hybridized carbons (Fsp3) is 0.222.